The maximum absolute atomic E-state index is 11.4. The van der Waals surface area contributed by atoms with Crippen molar-refractivity contribution in [3.05, 3.63) is 77.1 Å². The van der Waals surface area contributed by atoms with Crippen molar-refractivity contribution in [1.29, 1.82) is 0 Å². The Bertz CT molecular complexity index is 962. The number of aromatic nitrogens is 4. The first-order chi connectivity index (χ1) is 13.6. The molecule has 1 aromatic heterocycles. The van der Waals surface area contributed by atoms with E-state index in [1.54, 1.807) is 4.80 Å². The maximum Gasteiger partial charge on any atom is 0.407 e. The number of hydrogen-bond acceptors (Lipinski definition) is 4. The first-order valence-electron chi connectivity index (χ1n) is 9.45. The average molecular weight is 377 g/mol. The van der Waals surface area contributed by atoms with Crippen LogP contribution in [0.25, 0.3) is 0 Å². The van der Waals surface area contributed by atoms with Crippen LogP contribution < -0.4 is 0 Å². The second-order valence-electron chi connectivity index (χ2n) is 7.29. The molecule has 0 spiro atoms. The summed E-state index contributed by atoms with van der Waals surface area (Å²) in [5.74, 6) is 0.664. The van der Waals surface area contributed by atoms with Crippen LogP contribution in [-0.4, -0.2) is 49.4 Å². The summed E-state index contributed by atoms with van der Waals surface area (Å²) in [5, 5.41) is 22.7. The fourth-order valence-corrected chi connectivity index (χ4v) is 3.92. The smallest absolute Gasteiger partial charge is 0.407 e. The molecule has 0 bridgehead atoms. The predicted octanol–water partition coefficient (Wildman–Crippen LogP) is 3.09. The third-order valence-electron chi connectivity index (χ3n) is 5.67. The molecule has 0 unspecified atom stereocenters. The molecule has 144 valence electrons. The molecule has 1 N–H and O–H groups in total. The molecular weight excluding hydrogens is 354 g/mol. The third kappa shape index (κ3) is 3.35. The number of aryl methyl sites for hydroxylation is 1. The maximum atomic E-state index is 11.4. The number of carbonyl (C=O) groups is 1. The molecule has 4 rings (SSSR count). The van der Waals surface area contributed by atoms with Crippen molar-refractivity contribution in [2.75, 3.05) is 13.1 Å². The quantitative estimate of drug-likeness (QED) is 0.755. The normalized spacial score (nSPS) is 16.1. The molecule has 1 aliphatic rings. The van der Waals surface area contributed by atoms with Gasteiger partial charge in [0.05, 0.1) is 12.0 Å². The van der Waals surface area contributed by atoms with Crippen LogP contribution >= 0.6 is 0 Å². The number of likely N-dealkylation sites (tertiary alicyclic amines) is 1. The Balaban J connectivity index is 1.66. The summed E-state index contributed by atoms with van der Waals surface area (Å²) in [6.45, 7) is 3.54. The van der Waals surface area contributed by atoms with Gasteiger partial charge in [0, 0.05) is 13.1 Å². The Kier molecular flexibility index (Phi) is 4.81. The summed E-state index contributed by atoms with van der Waals surface area (Å²) in [4.78, 5) is 14.4. The van der Waals surface area contributed by atoms with Crippen LogP contribution in [0.5, 0.6) is 0 Å². The van der Waals surface area contributed by atoms with E-state index in [0.717, 1.165) is 11.1 Å². The molecular formula is C21H23N5O2. The minimum absolute atomic E-state index is 0.419. The number of benzene rings is 2. The minimum atomic E-state index is -0.877. The van der Waals surface area contributed by atoms with Crippen LogP contribution in [0.15, 0.2) is 54.6 Å². The number of hydrogen-bond donors (Lipinski definition) is 1. The fourth-order valence-electron chi connectivity index (χ4n) is 3.92. The van der Waals surface area contributed by atoms with E-state index < -0.39 is 11.5 Å². The van der Waals surface area contributed by atoms with Crippen molar-refractivity contribution < 1.29 is 9.90 Å². The SMILES string of the molecule is Cc1ccccc1Cn1nnc(C2(c3ccccc3)CCN(C(=O)O)CC2)n1. The van der Waals surface area contributed by atoms with Gasteiger partial charge in [-0.1, -0.05) is 54.6 Å². The van der Waals surface area contributed by atoms with Crippen LogP contribution in [0.3, 0.4) is 0 Å². The Hall–Kier alpha value is -3.22. The number of rotatable bonds is 4. The number of piperidine rings is 1. The second kappa shape index (κ2) is 7.42. The zero-order chi connectivity index (χ0) is 19.6. The molecule has 0 atom stereocenters. The van der Waals surface area contributed by atoms with E-state index in [1.165, 1.54) is 10.5 Å². The van der Waals surface area contributed by atoms with Gasteiger partial charge in [0.2, 0.25) is 0 Å². The van der Waals surface area contributed by atoms with Crippen molar-refractivity contribution in [2.45, 2.75) is 31.7 Å². The van der Waals surface area contributed by atoms with Gasteiger partial charge in [-0.05, 0) is 41.7 Å². The lowest BCUT2D eigenvalue weighted by Gasteiger charge is -2.39. The first-order valence-corrected chi connectivity index (χ1v) is 9.45. The molecule has 0 saturated carbocycles. The molecule has 1 saturated heterocycles. The topological polar surface area (TPSA) is 84.1 Å². The molecule has 7 heteroatoms. The molecule has 0 radical (unpaired) electrons. The molecule has 7 nitrogen and oxygen atoms in total. The third-order valence-corrected chi connectivity index (χ3v) is 5.67. The largest absolute Gasteiger partial charge is 0.465 e. The molecule has 1 amide bonds. The fraction of sp³-hybridized carbons (Fsp3) is 0.333. The molecule has 1 aliphatic heterocycles. The summed E-state index contributed by atoms with van der Waals surface area (Å²) in [6.07, 6.45) is 0.400. The van der Waals surface area contributed by atoms with Crippen LogP contribution in [0.2, 0.25) is 0 Å². The van der Waals surface area contributed by atoms with Crippen LogP contribution in [0.1, 0.15) is 35.4 Å². The van der Waals surface area contributed by atoms with E-state index in [4.69, 9.17) is 5.10 Å². The van der Waals surface area contributed by atoms with Crippen LogP contribution in [0, 0.1) is 6.92 Å². The molecule has 3 aromatic rings. The zero-order valence-electron chi connectivity index (χ0n) is 15.8. The van der Waals surface area contributed by atoms with Crippen LogP contribution in [-0.2, 0) is 12.0 Å². The standard InChI is InChI=1S/C21H23N5O2/c1-16-7-5-6-8-17(16)15-26-23-19(22-24-26)21(18-9-3-2-4-10-18)11-13-25(14-12-21)20(27)28/h2-10H,11-15H2,1H3,(H,27,28). The lowest BCUT2D eigenvalue weighted by atomic mass is 9.72. The summed E-state index contributed by atoms with van der Waals surface area (Å²) >= 11 is 0. The van der Waals surface area contributed by atoms with Gasteiger partial charge in [0.25, 0.3) is 0 Å². The van der Waals surface area contributed by atoms with E-state index in [2.05, 4.69) is 41.5 Å². The van der Waals surface area contributed by atoms with E-state index in [9.17, 15) is 9.90 Å². The van der Waals surface area contributed by atoms with Crippen molar-refractivity contribution >= 4 is 6.09 Å². The first kappa shape index (κ1) is 18.2. The highest BCUT2D eigenvalue weighted by molar-refractivity contribution is 5.65. The predicted molar refractivity (Wildman–Crippen MR) is 104 cm³/mol. The second-order valence-corrected chi connectivity index (χ2v) is 7.29. The lowest BCUT2D eigenvalue weighted by molar-refractivity contribution is 0.121. The van der Waals surface area contributed by atoms with Gasteiger partial charge in [0.15, 0.2) is 5.82 Å². The van der Waals surface area contributed by atoms with Gasteiger partial charge in [-0.15, -0.1) is 10.2 Å². The van der Waals surface area contributed by atoms with Gasteiger partial charge < -0.3 is 10.0 Å². The van der Waals surface area contributed by atoms with E-state index in [1.807, 2.05) is 30.3 Å². The van der Waals surface area contributed by atoms with E-state index >= 15 is 0 Å². The Labute approximate surface area is 163 Å². The Morgan fingerprint density at radius 2 is 1.75 bits per heavy atom. The summed E-state index contributed by atoms with van der Waals surface area (Å²) < 4.78 is 0. The highest BCUT2D eigenvalue weighted by Crippen LogP contribution is 2.39. The molecule has 2 heterocycles. The van der Waals surface area contributed by atoms with Gasteiger partial charge in [-0.3, -0.25) is 0 Å². The summed E-state index contributed by atoms with van der Waals surface area (Å²) in [5.41, 5.74) is 3.03. The van der Waals surface area contributed by atoms with Gasteiger partial charge >= 0.3 is 6.09 Å². The highest BCUT2D eigenvalue weighted by atomic mass is 16.4. The van der Waals surface area contributed by atoms with Crippen molar-refractivity contribution in [2.24, 2.45) is 0 Å². The van der Waals surface area contributed by atoms with Gasteiger partial charge in [-0.2, -0.15) is 4.80 Å². The van der Waals surface area contributed by atoms with Gasteiger partial charge in [0.1, 0.15) is 0 Å². The molecule has 28 heavy (non-hydrogen) atoms. The van der Waals surface area contributed by atoms with Gasteiger partial charge in [-0.25, -0.2) is 4.79 Å². The number of nitrogens with zero attached hydrogens (tertiary/aromatic N) is 5. The minimum Gasteiger partial charge on any atom is -0.465 e. The summed E-state index contributed by atoms with van der Waals surface area (Å²) in [7, 11) is 0. The molecule has 0 aliphatic carbocycles. The van der Waals surface area contributed by atoms with Crippen molar-refractivity contribution in [1.82, 2.24) is 25.1 Å². The van der Waals surface area contributed by atoms with E-state index in [0.29, 0.717) is 38.3 Å². The number of carboxylic acid groups (broad SMARTS) is 1. The highest BCUT2D eigenvalue weighted by Gasteiger charge is 2.42. The zero-order valence-corrected chi connectivity index (χ0v) is 15.8. The van der Waals surface area contributed by atoms with E-state index in [-0.39, 0.29) is 0 Å². The lowest BCUT2D eigenvalue weighted by Crippen LogP contribution is -2.45. The Morgan fingerprint density at radius 1 is 1.07 bits per heavy atom. The molecule has 1 fully saturated rings. The summed E-state index contributed by atoms with van der Waals surface area (Å²) in [6, 6.07) is 18.3. The van der Waals surface area contributed by atoms with Crippen molar-refractivity contribution in [3.8, 4) is 0 Å². The number of tetrazole rings is 1. The van der Waals surface area contributed by atoms with Crippen molar-refractivity contribution in [3.63, 3.8) is 0 Å². The monoisotopic (exact) mass is 377 g/mol. The van der Waals surface area contributed by atoms with Crippen LogP contribution in [0.4, 0.5) is 4.79 Å². The Morgan fingerprint density at radius 3 is 2.43 bits per heavy atom. The average Bonchev–Trinajstić information content (AvgIpc) is 3.19. The molecule has 2 aromatic carbocycles. The number of amides is 1.